The number of anilines is 2. The summed E-state index contributed by atoms with van der Waals surface area (Å²) < 4.78 is 20.5. The van der Waals surface area contributed by atoms with E-state index in [1.807, 2.05) is 32.0 Å². The van der Waals surface area contributed by atoms with E-state index < -0.39 is 5.82 Å². The van der Waals surface area contributed by atoms with Crippen LogP contribution >= 0.6 is 12.6 Å². The molecule has 0 aliphatic rings. The van der Waals surface area contributed by atoms with Gasteiger partial charge in [0.15, 0.2) is 5.82 Å². The van der Waals surface area contributed by atoms with Crippen molar-refractivity contribution in [2.75, 3.05) is 5.32 Å². The third-order valence-corrected chi connectivity index (χ3v) is 4.12. The number of imidazole rings is 1. The first-order chi connectivity index (χ1) is 12.0. The summed E-state index contributed by atoms with van der Waals surface area (Å²) in [6, 6.07) is 7.60. The lowest BCUT2D eigenvalue weighted by Crippen LogP contribution is -2.00. The molecule has 2 heterocycles. The molecule has 4 aromatic rings. The van der Waals surface area contributed by atoms with Crippen molar-refractivity contribution in [1.29, 1.82) is 0 Å². The predicted octanol–water partition coefficient (Wildman–Crippen LogP) is 4.40. The van der Waals surface area contributed by atoms with E-state index in [4.69, 9.17) is 4.42 Å². The van der Waals surface area contributed by atoms with Crippen LogP contribution in [0.5, 0.6) is 0 Å². The molecule has 2 aromatic carbocycles. The van der Waals surface area contributed by atoms with Crippen LogP contribution in [0, 0.1) is 19.7 Å². The van der Waals surface area contributed by atoms with Gasteiger partial charge >= 0.3 is 0 Å². The molecule has 0 aliphatic carbocycles. The average Bonchev–Trinajstić information content (AvgIpc) is 3.20. The lowest BCUT2D eigenvalue weighted by atomic mass is 10.1. The van der Waals surface area contributed by atoms with Crippen LogP contribution in [0.15, 0.2) is 40.2 Å². The van der Waals surface area contributed by atoms with Crippen LogP contribution in [0.1, 0.15) is 11.1 Å². The van der Waals surface area contributed by atoms with Crippen molar-refractivity contribution in [3.8, 4) is 11.5 Å². The summed E-state index contributed by atoms with van der Waals surface area (Å²) in [6.07, 6.45) is 1.44. The molecule has 0 amide bonds. The van der Waals surface area contributed by atoms with Crippen LogP contribution in [0.2, 0.25) is 0 Å². The van der Waals surface area contributed by atoms with E-state index in [1.54, 1.807) is 6.07 Å². The second-order valence-electron chi connectivity index (χ2n) is 5.74. The number of aromatic nitrogens is 4. The Morgan fingerprint density at radius 1 is 1.20 bits per heavy atom. The maximum atomic E-state index is 15.1. The zero-order chi connectivity index (χ0) is 17.6. The maximum Gasteiger partial charge on any atom is 0.273 e. The summed E-state index contributed by atoms with van der Waals surface area (Å²) in [6.45, 7) is 3.96. The fourth-order valence-electron chi connectivity index (χ4n) is 2.75. The van der Waals surface area contributed by atoms with Gasteiger partial charge in [-0.1, -0.05) is 30.3 Å². The van der Waals surface area contributed by atoms with Crippen molar-refractivity contribution in [1.82, 2.24) is 20.2 Å². The fraction of sp³-hybridized carbons (Fsp3) is 0.118. The number of thiol groups is 1. The minimum atomic E-state index is -0.493. The molecule has 0 radical (unpaired) electrons. The molecule has 0 fully saturated rings. The van der Waals surface area contributed by atoms with E-state index in [-0.39, 0.29) is 22.3 Å². The summed E-state index contributed by atoms with van der Waals surface area (Å²) in [4.78, 5) is 6.94. The molecule has 0 bridgehead atoms. The average molecular weight is 355 g/mol. The Morgan fingerprint density at radius 3 is 2.76 bits per heavy atom. The van der Waals surface area contributed by atoms with E-state index in [0.29, 0.717) is 11.1 Å². The highest BCUT2D eigenvalue weighted by Gasteiger charge is 2.21. The van der Waals surface area contributed by atoms with E-state index in [9.17, 15) is 0 Å². The molecular formula is C17H14FN5OS. The number of benzene rings is 2. The van der Waals surface area contributed by atoms with Crippen LogP contribution in [0.3, 0.4) is 0 Å². The number of fused-ring (bicyclic) bond motifs is 1. The Bertz CT molecular complexity index is 1090. The predicted molar refractivity (Wildman–Crippen MR) is 95.8 cm³/mol. The summed E-state index contributed by atoms with van der Waals surface area (Å²) >= 11 is 4.03. The summed E-state index contributed by atoms with van der Waals surface area (Å²) in [5.41, 5.74) is 4.34. The maximum absolute atomic E-state index is 15.1. The van der Waals surface area contributed by atoms with Crippen molar-refractivity contribution in [2.24, 2.45) is 0 Å². The molecule has 0 saturated heterocycles. The van der Waals surface area contributed by atoms with Crippen LogP contribution in [0.4, 0.5) is 15.8 Å². The Balaban J connectivity index is 1.92. The first-order valence-corrected chi connectivity index (χ1v) is 8.00. The SMILES string of the molecule is Cc1ccc(Nc2c(-c3nnc(S)o3)cc3[nH]cnc3c2F)c(C)c1. The molecule has 0 spiro atoms. The largest absolute Gasteiger partial charge is 0.411 e. The molecule has 4 rings (SSSR count). The first kappa shape index (κ1) is 15.6. The van der Waals surface area contributed by atoms with Crippen molar-refractivity contribution in [2.45, 2.75) is 19.1 Å². The Hall–Kier alpha value is -2.87. The topological polar surface area (TPSA) is 79.6 Å². The fourth-order valence-corrected chi connectivity index (χ4v) is 2.88. The monoisotopic (exact) mass is 355 g/mol. The second-order valence-corrected chi connectivity index (χ2v) is 6.13. The van der Waals surface area contributed by atoms with Crippen LogP contribution in [-0.4, -0.2) is 20.2 Å². The lowest BCUT2D eigenvalue weighted by Gasteiger charge is -2.14. The van der Waals surface area contributed by atoms with Gasteiger partial charge in [-0.05, 0) is 31.5 Å². The number of rotatable bonds is 3. The zero-order valence-electron chi connectivity index (χ0n) is 13.5. The molecule has 2 aromatic heterocycles. The molecule has 126 valence electrons. The van der Waals surface area contributed by atoms with Crippen molar-refractivity contribution < 1.29 is 8.81 Å². The summed E-state index contributed by atoms with van der Waals surface area (Å²) in [7, 11) is 0. The molecule has 2 N–H and O–H groups in total. The number of H-pyrrole nitrogens is 1. The quantitative estimate of drug-likeness (QED) is 0.475. The highest BCUT2D eigenvalue weighted by Crippen LogP contribution is 2.36. The number of aryl methyl sites for hydroxylation is 2. The smallest absolute Gasteiger partial charge is 0.273 e. The van der Waals surface area contributed by atoms with E-state index in [1.165, 1.54) is 6.33 Å². The van der Waals surface area contributed by atoms with Crippen LogP contribution in [0.25, 0.3) is 22.5 Å². The summed E-state index contributed by atoms with van der Waals surface area (Å²) in [5.74, 6) is -0.319. The van der Waals surface area contributed by atoms with Gasteiger partial charge in [-0.3, -0.25) is 0 Å². The minimum absolute atomic E-state index is 0.109. The molecule has 8 heteroatoms. The lowest BCUT2D eigenvalue weighted by molar-refractivity contribution is 0.468. The van der Waals surface area contributed by atoms with Gasteiger partial charge in [0.05, 0.1) is 23.1 Å². The minimum Gasteiger partial charge on any atom is -0.411 e. The van der Waals surface area contributed by atoms with E-state index in [0.717, 1.165) is 16.8 Å². The van der Waals surface area contributed by atoms with E-state index in [2.05, 4.69) is 38.1 Å². The molecule has 0 aliphatic heterocycles. The molecule has 6 nitrogen and oxygen atoms in total. The Labute approximate surface area is 147 Å². The number of hydrogen-bond donors (Lipinski definition) is 3. The van der Waals surface area contributed by atoms with Gasteiger partial charge in [0, 0.05) is 5.69 Å². The third kappa shape index (κ3) is 2.74. The molecule has 25 heavy (non-hydrogen) atoms. The number of nitrogens with zero attached hydrogens (tertiary/aromatic N) is 3. The first-order valence-electron chi connectivity index (χ1n) is 7.55. The number of nitrogens with one attached hydrogen (secondary N) is 2. The van der Waals surface area contributed by atoms with Gasteiger partial charge in [-0.2, -0.15) is 0 Å². The third-order valence-electron chi connectivity index (χ3n) is 3.94. The Morgan fingerprint density at radius 2 is 2.04 bits per heavy atom. The molecular weight excluding hydrogens is 341 g/mol. The molecule has 0 saturated carbocycles. The standard InChI is InChI=1S/C17H14FN5OS/c1-8-3-4-11(9(2)5-8)21-14-10(16-22-23-17(25)24-16)6-12-15(13(14)18)20-7-19-12/h3-7,21H,1-2H3,(H,19,20)(H,23,25). The van der Waals surface area contributed by atoms with Crippen molar-refractivity contribution >= 4 is 35.0 Å². The zero-order valence-corrected chi connectivity index (χ0v) is 14.4. The highest BCUT2D eigenvalue weighted by atomic mass is 32.1. The van der Waals surface area contributed by atoms with Gasteiger partial charge in [-0.15, -0.1) is 10.2 Å². The van der Waals surface area contributed by atoms with Gasteiger partial charge in [0.25, 0.3) is 11.1 Å². The molecule has 0 atom stereocenters. The van der Waals surface area contributed by atoms with Gasteiger partial charge in [0.2, 0.25) is 0 Å². The number of aromatic amines is 1. The van der Waals surface area contributed by atoms with Gasteiger partial charge < -0.3 is 14.7 Å². The number of hydrogen-bond acceptors (Lipinski definition) is 6. The van der Waals surface area contributed by atoms with Crippen LogP contribution < -0.4 is 5.32 Å². The second kappa shape index (κ2) is 5.89. The van der Waals surface area contributed by atoms with Gasteiger partial charge in [-0.25, -0.2) is 9.37 Å². The summed E-state index contributed by atoms with van der Waals surface area (Å²) in [5, 5.41) is 10.9. The van der Waals surface area contributed by atoms with Crippen molar-refractivity contribution in [3.05, 3.63) is 47.5 Å². The normalized spacial score (nSPS) is 11.2. The molecule has 0 unspecified atom stereocenters. The van der Waals surface area contributed by atoms with Gasteiger partial charge in [0.1, 0.15) is 5.52 Å². The van der Waals surface area contributed by atoms with E-state index >= 15 is 4.39 Å². The van der Waals surface area contributed by atoms with Crippen molar-refractivity contribution in [3.63, 3.8) is 0 Å². The van der Waals surface area contributed by atoms with Crippen LogP contribution in [-0.2, 0) is 0 Å². The number of halogens is 1. The highest BCUT2D eigenvalue weighted by molar-refractivity contribution is 7.80. The Kier molecular flexibility index (Phi) is 3.69.